The summed E-state index contributed by atoms with van der Waals surface area (Å²) < 4.78 is 4.43. The van der Waals surface area contributed by atoms with E-state index in [-0.39, 0.29) is 5.92 Å². The smallest absolute Gasteiger partial charge is 0.330 e. The highest BCUT2D eigenvalue weighted by atomic mass is 16.5. The van der Waals surface area contributed by atoms with Crippen molar-refractivity contribution in [3.63, 3.8) is 0 Å². The van der Waals surface area contributed by atoms with Crippen molar-refractivity contribution in [2.24, 2.45) is 5.92 Å². The molecule has 0 radical (unpaired) electrons. The lowest BCUT2D eigenvalue weighted by Crippen LogP contribution is -2.29. The molecule has 14 heavy (non-hydrogen) atoms. The van der Waals surface area contributed by atoms with E-state index in [0.717, 1.165) is 0 Å². The summed E-state index contributed by atoms with van der Waals surface area (Å²) in [6.45, 7) is 0. The molecule has 4 heteroatoms. The monoisotopic (exact) mass is 198 g/mol. The molecule has 3 atom stereocenters. The molecule has 0 fully saturated rings. The summed E-state index contributed by atoms with van der Waals surface area (Å²) >= 11 is 0. The van der Waals surface area contributed by atoms with Crippen LogP contribution in [0.4, 0.5) is 0 Å². The Morgan fingerprint density at radius 2 is 2.21 bits per heavy atom. The largest absolute Gasteiger partial charge is 0.466 e. The molecule has 0 heterocycles. The van der Waals surface area contributed by atoms with Crippen LogP contribution in [0.1, 0.15) is 6.42 Å². The number of esters is 1. The standard InChI is InChI=1S/C10H14O4/c1-14-10(13)5-3-7-2-4-8(11)9(12)6-7/h2-5,7-9,11-12H,6H2,1H3/b5-3+/t7?,8?,9-/m0/s1. The average Bonchev–Trinajstić information content (AvgIpc) is 2.19. The molecule has 0 spiro atoms. The summed E-state index contributed by atoms with van der Waals surface area (Å²) in [5.41, 5.74) is 0. The van der Waals surface area contributed by atoms with Crippen LogP contribution in [0.3, 0.4) is 0 Å². The molecule has 0 aromatic carbocycles. The molecule has 0 aliphatic heterocycles. The van der Waals surface area contributed by atoms with E-state index in [1.54, 1.807) is 12.2 Å². The first-order valence-corrected chi connectivity index (χ1v) is 4.44. The Kier molecular flexibility index (Phi) is 3.85. The molecule has 0 saturated carbocycles. The summed E-state index contributed by atoms with van der Waals surface area (Å²) in [6, 6.07) is 0. The Morgan fingerprint density at radius 1 is 1.50 bits per heavy atom. The molecule has 4 nitrogen and oxygen atoms in total. The van der Waals surface area contributed by atoms with Gasteiger partial charge in [-0.15, -0.1) is 0 Å². The Balaban J connectivity index is 2.51. The van der Waals surface area contributed by atoms with Crippen LogP contribution in [0.2, 0.25) is 0 Å². The molecule has 1 aliphatic carbocycles. The molecular formula is C10H14O4. The van der Waals surface area contributed by atoms with E-state index >= 15 is 0 Å². The molecule has 1 aliphatic rings. The predicted molar refractivity (Wildman–Crippen MR) is 50.4 cm³/mol. The Labute approximate surface area is 82.5 Å². The van der Waals surface area contributed by atoms with Crippen molar-refractivity contribution in [1.29, 1.82) is 0 Å². The van der Waals surface area contributed by atoms with Crippen molar-refractivity contribution >= 4 is 5.97 Å². The molecule has 2 N–H and O–H groups in total. The lowest BCUT2D eigenvalue weighted by Gasteiger charge is -2.22. The fourth-order valence-electron chi connectivity index (χ4n) is 1.29. The highest BCUT2D eigenvalue weighted by molar-refractivity contribution is 5.81. The van der Waals surface area contributed by atoms with Crippen LogP contribution in [0.15, 0.2) is 24.3 Å². The maximum absolute atomic E-state index is 10.8. The first-order chi connectivity index (χ1) is 6.63. The van der Waals surface area contributed by atoms with E-state index in [4.69, 9.17) is 5.11 Å². The fourth-order valence-corrected chi connectivity index (χ4v) is 1.29. The minimum atomic E-state index is -0.794. The van der Waals surface area contributed by atoms with Crippen molar-refractivity contribution in [2.45, 2.75) is 18.6 Å². The van der Waals surface area contributed by atoms with Gasteiger partial charge in [-0.25, -0.2) is 4.79 Å². The average molecular weight is 198 g/mol. The number of hydrogen-bond acceptors (Lipinski definition) is 4. The number of carbonyl (C=O) groups is 1. The van der Waals surface area contributed by atoms with Crippen LogP contribution >= 0.6 is 0 Å². The number of carbonyl (C=O) groups excluding carboxylic acids is 1. The van der Waals surface area contributed by atoms with Gasteiger partial charge in [0.05, 0.1) is 19.3 Å². The van der Waals surface area contributed by atoms with Crippen molar-refractivity contribution in [2.75, 3.05) is 7.11 Å². The third-order valence-electron chi connectivity index (χ3n) is 2.14. The molecule has 0 aromatic rings. The summed E-state index contributed by atoms with van der Waals surface area (Å²) in [5.74, 6) is -0.438. The molecule has 0 bridgehead atoms. The number of rotatable bonds is 2. The first kappa shape index (κ1) is 10.9. The van der Waals surface area contributed by atoms with E-state index in [1.165, 1.54) is 19.3 Å². The minimum Gasteiger partial charge on any atom is -0.466 e. The second-order valence-electron chi connectivity index (χ2n) is 3.22. The maximum atomic E-state index is 10.8. The number of allylic oxidation sites excluding steroid dienone is 2. The summed E-state index contributed by atoms with van der Waals surface area (Å²) in [6.07, 6.45) is 5.13. The van der Waals surface area contributed by atoms with Gasteiger partial charge in [0, 0.05) is 6.08 Å². The number of aliphatic hydroxyl groups excluding tert-OH is 2. The van der Waals surface area contributed by atoms with E-state index in [9.17, 15) is 9.90 Å². The van der Waals surface area contributed by atoms with Crippen LogP contribution in [-0.2, 0) is 9.53 Å². The zero-order valence-electron chi connectivity index (χ0n) is 7.96. The van der Waals surface area contributed by atoms with Gasteiger partial charge < -0.3 is 14.9 Å². The third kappa shape index (κ3) is 2.97. The SMILES string of the molecule is COC(=O)/C=C/C1C=CC(O)[C@@H](O)C1. The van der Waals surface area contributed by atoms with Crippen LogP contribution in [0.25, 0.3) is 0 Å². The van der Waals surface area contributed by atoms with Crippen molar-refractivity contribution in [3.05, 3.63) is 24.3 Å². The number of hydrogen-bond donors (Lipinski definition) is 2. The van der Waals surface area contributed by atoms with Crippen LogP contribution in [-0.4, -0.2) is 35.5 Å². The van der Waals surface area contributed by atoms with E-state index in [1.807, 2.05) is 0 Å². The molecule has 2 unspecified atom stereocenters. The predicted octanol–water partition coefficient (Wildman–Crippen LogP) is 0.0135. The molecule has 0 aromatic heterocycles. The maximum Gasteiger partial charge on any atom is 0.330 e. The van der Waals surface area contributed by atoms with Gasteiger partial charge in [0.15, 0.2) is 0 Å². The van der Waals surface area contributed by atoms with Gasteiger partial charge in [0.1, 0.15) is 0 Å². The topological polar surface area (TPSA) is 66.8 Å². The molecule has 0 amide bonds. The Bertz CT molecular complexity index is 257. The highest BCUT2D eigenvalue weighted by Gasteiger charge is 2.21. The van der Waals surface area contributed by atoms with Crippen molar-refractivity contribution in [1.82, 2.24) is 0 Å². The van der Waals surface area contributed by atoms with Gasteiger partial charge in [-0.2, -0.15) is 0 Å². The van der Waals surface area contributed by atoms with Gasteiger partial charge in [0.2, 0.25) is 0 Å². The molecule has 0 saturated heterocycles. The van der Waals surface area contributed by atoms with Gasteiger partial charge >= 0.3 is 5.97 Å². The summed E-state index contributed by atoms with van der Waals surface area (Å²) in [5, 5.41) is 18.5. The first-order valence-electron chi connectivity index (χ1n) is 4.44. The molecule has 1 rings (SSSR count). The van der Waals surface area contributed by atoms with Crippen molar-refractivity contribution in [3.8, 4) is 0 Å². The van der Waals surface area contributed by atoms with Crippen molar-refractivity contribution < 1.29 is 19.7 Å². The lowest BCUT2D eigenvalue weighted by molar-refractivity contribution is -0.134. The second-order valence-corrected chi connectivity index (χ2v) is 3.22. The van der Waals surface area contributed by atoms with Crippen LogP contribution in [0, 0.1) is 5.92 Å². The van der Waals surface area contributed by atoms with E-state index in [2.05, 4.69) is 4.74 Å². The van der Waals surface area contributed by atoms with E-state index in [0.29, 0.717) is 6.42 Å². The zero-order chi connectivity index (χ0) is 10.6. The molecule has 78 valence electrons. The third-order valence-corrected chi connectivity index (χ3v) is 2.14. The highest BCUT2D eigenvalue weighted by Crippen LogP contribution is 2.19. The number of ether oxygens (including phenoxy) is 1. The molecular weight excluding hydrogens is 184 g/mol. The Hall–Kier alpha value is -1.13. The summed E-state index contributed by atoms with van der Waals surface area (Å²) in [4.78, 5) is 10.8. The quantitative estimate of drug-likeness (QED) is 0.373. The van der Waals surface area contributed by atoms with E-state index < -0.39 is 18.2 Å². The van der Waals surface area contributed by atoms with Gasteiger partial charge in [-0.3, -0.25) is 0 Å². The number of aliphatic hydroxyl groups is 2. The van der Waals surface area contributed by atoms with Gasteiger partial charge in [-0.1, -0.05) is 18.2 Å². The normalized spacial score (nSPS) is 32.1. The lowest BCUT2D eigenvalue weighted by atomic mass is 9.91. The second kappa shape index (κ2) is 4.93. The Morgan fingerprint density at radius 3 is 2.79 bits per heavy atom. The van der Waals surface area contributed by atoms with Gasteiger partial charge in [-0.05, 0) is 12.3 Å². The minimum absolute atomic E-state index is 0.0208. The fraction of sp³-hybridized carbons (Fsp3) is 0.500. The van der Waals surface area contributed by atoms with Crippen LogP contribution in [0.5, 0.6) is 0 Å². The number of methoxy groups -OCH3 is 1. The zero-order valence-corrected chi connectivity index (χ0v) is 7.96. The van der Waals surface area contributed by atoms with Crippen LogP contribution < -0.4 is 0 Å². The summed E-state index contributed by atoms with van der Waals surface area (Å²) in [7, 11) is 1.31. The van der Waals surface area contributed by atoms with Gasteiger partial charge in [0.25, 0.3) is 0 Å².